The van der Waals surface area contributed by atoms with Crippen LogP contribution in [0.25, 0.3) is 0 Å². The summed E-state index contributed by atoms with van der Waals surface area (Å²) in [6.07, 6.45) is 0.472. The number of ketones is 1. The Morgan fingerprint density at radius 2 is 1.90 bits per heavy atom. The van der Waals surface area contributed by atoms with Crippen molar-refractivity contribution in [2.75, 3.05) is 26.2 Å². The third-order valence-corrected chi connectivity index (χ3v) is 4.57. The fourth-order valence-corrected chi connectivity index (χ4v) is 3.35. The molecule has 1 aliphatic heterocycles. The predicted octanol–water partition coefficient (Wildman–Crippen LogP) is 1.79. The zero-order valence-corrected chi connectivity index (χ0v) is 13.5. The largest absolute Gasteiger partial charge is 0.373 e. The molecule has 1 aliphatic rings. The highest BCUT2D eigenvalue weighted by Gasteiger charge is 2.21. The van der Waals surface area contributed by atoms with Crippen molar-refractivity contribution in [2.24, 2.45) is 0 Å². The summed E-state index contributed by atoms with van der Waals surface area (Å²) in [5.74, 6) is -0.114. The molecule has 2 unspecified atom stereocenters. The molecule has 1 N–H and O–H groups in total. The fourth-order valence-electron chi connectivity index (χ4n) is 2.53. The van der Waals surface area contributed by atoms with E-state index in [-0.39, 0.29) is 23.9 Å². The standard InChI is InChI=1S/C15H22N2O3S/c1-10-8-17(9-11(2)20-10)7-6-16-15(19)14-5-4-13(21-14)12(3)18/h4-5,10-11H,6-9H2,1-3H3,(H,16,19). The number of carbonyl (C=O) groups excluding carboxylic acids is 2. The number of nitrogens with zero attached hydrogens (tertiary/aromatic N) is 1. The van der Waals surface area contributed by atoms with Gasteiger partial charge < -0.3 is 10.1 Å². The number of Topliss-reactive ketones (excluding diaryl/α,β-unsaturated/α-hetero) is 1. The summed E-state index contributed by atoms with van der Waals surface area (Å²) in [6.45, 7) is 8.85. The summed E-state index contributed by atoms with van der Waals surface area (Å²) in [4.78, 5) is 26.7. The van der Waals surface area contributed by atoms with Gasteiger partial charge in [-0.1, -0.05) is 0 Å². The minimum absolute atomic E-state index is 0.00431. The number of amides is 1. The molecule has 1 aromatic rings. The lowest BCUT2D eigenvalue weighted by molar-refractivity contribution is -0.0672. The normalized spacial score (nSPS) is 23.0. The first-order valence-corrected chi connectivity index (χ1v) is 8.04. The third kappa shape index (κ3) is 4.62. The molecule has 2 atom stereocenters. The molecular formula is C15H22N2O3S. The Morgan fingerprint density at radius 3 is 2.48 bits per heavy atom. The molecule has 116 valence electrons. The van der Waals surface area contributed by atoms with Crippen molar-refractivity contribution in [3.8, 4) is 0 Å². The van der Waals surface area contributed by atoms with Crippen LogP contribution in [0.2, 0.25) is 0 Å². The summed E-state index contributed by atoms with van der Waals surface area (Å²) in [5, 5.41) is 2.91. The van der Waals surface area contributed by atoms with Gasteiger partial charge in [0.1, 0.15) is 0 Å². The van der Waals surface area contributed by atoms with Crippen LogP contribution in [-0.4, -0.2) is 55.0 Å². The number of hydrogen-bond acceptors (Lipinski definition) is 5. The van der Waals surface area contributed by atoms with E-state index < -0.39 is 0 Å². The van der Waals surface area contributed by atoms with Gasteiger partial charge in [0.2, 0.25) is 0 Å². The van der Waals surface area contributed by atoms with E-state index in [0.29, 0.717) is 16.3 Å². The number of thiophene rings is 1. The van der Waals surface area contributed by atoms with Gasteiger partial charge in [0.25, 0.3) is 5.91 Å². The molecule has 0 radical (unpaired) electrons. The zero-order chi connectivity index (χ0) is 15.4. The Kier molecular flexibility index (Phi) is 5.50. The number of morpholine rings is 1. The summed E-state index contributed by atoms with van der Waals surface area (Å²) in [5.41, 5.74) is 0. The van der Waals surface area contributed by atoms with Gasteiger partial charge >= 0.3 is 0 Å². The van der Waals surface area contributed by atoms with Crippen molar-refractivity contribution >= 4 is 23.0 Å². The van der Waals surface area contributed by atoms with Crippen molar-refractivity contribution in [3.63, 3.8) is 0 Å². The lowest BCUT2D eigenvalue weighted by atomic mass is 10.2. The molecule has 1 fully saturated rings. The first kappa shape index (κ1) is 16.1. The highest BCUT2D eigenvalue weighted by molar-refractivity contribution is 7.15. The Balaban J connectivity index is 1.77. The second-order valence-electron chi connectivity index (χ2n) is 5.49. The Morgan fingerprint density at radius 1 is 1.29 bits per heavy atom. The summed E-state index contributed by atoms with van der Waals surface area (Å²) in [6, 6.07) is 3.41. The van der Waals surface area contributed by atoms with Gasteiger partial charge in [0.15, 0.2) is 5.78 Å². The average Bonchev–Trinajstić information content (AvgIpc) is 2.87. The smallest absolute Gasteiger partial charge is 0.261 e. The maximum Gasteiger partial charge on any atom is 0.261 e. The van der Waals surface area contributed by atoms with E-state index in [9.17, 15) is 9.59 Å². The van der Waals surface area contributed by atoms with Gasteiger partial charge in [-0.2, -0.15) is 0 Å². The SMILES string of the molecule is CC(=O)c1ccc(C(=O)NCCN2CC(C)OC(C)C2)s1. The predicted molar refractivity (Wildman–Crippen MR) is 83.1 cm³/mol. The molecule has 0 saturated carbocycles. The van der Waals surface area contributed by atoms with Gasteiger partial charge in [-0.05, 0) is 32.9 Å². The maximum absolute atomic E-state index is 12.0. The molecule has 1 saturated heterocycles. The monoisotopic (exact) mass is 310 g/mol. The minimum atomic E-state index is -0.109. The molecule has 6 heteroatoms. The first-order valence-electron chi connectivity index (χ1n) is 7.22. The quantitative estimate of drug-likeness (QED) is 0.843. The fraction of sp³-hybridized carbons (Fsp3) is 0.600. The van der Waals surface area contributed by atoms with Gasteiger partial charge in [-0.3, -0.25) is 14.5 Å². The average molecular weight is 310 g/mol. The highest BCUT2D eigenvalue weighted by Crippen LogP contribution is 2.16. The van der Waals surface area contributed by atoms with Crippen LogP contribution < -0.4 is 5.32 Å². The summed E-state index contributed by atoms with van der Waals surface area (Å²) in [7, 11) is 0. The van der Waals surface area contributed by atoms with Crippen LogP contribution in [0.15, 0.2) is 12.1 Å². The Bertz CT molecular complexity index is 505. The topological polar surface area (TPSA) is 58.6 Å². The number of nitrogens with one attached hydrogen (secondary N) is 1. The van der Waals surface area contributed by atoms with E-state index in [4.69, 9.17) is 4.74 Å². The minimum Gasteiger partial charge on any atom is -0.373 e. The van der Waals surface area contributed by atoms with Crippen LogP contribution >= 0.6 is 11.3 Å². The molecule has 0 spiro atoms. The van der Waals surface area contributed by atoms with Gasteiger partial charge in [-0.15, -0.1) is 11.3 Å². The van der Waals surface area contributed by atoms with Crippen molar-refractivity contribution in [1.82, 2.24) is 10.2 Å². The number of hydrogen-bond donors (Lipinski definition) is 1. The highest BCUT2D eigenvalue weighted by atomic mass is 32.1. The summed E-state index contributed by atoms with van der Waals surface area (Å²) >= 11 is 1.24. The van der Waals surface area contributed by atoms with Gasteiger partial charge in [-0.25, -0.2) is 0 Å². The Hall–Kier alpha value is -1.24. The van der Waals surface area contributed by atoms with E-state index in [1.807, 2.05) is 0 Å². The van der Waals surface area contributed by atoms with Crippen LogP contribution in [0.4, 0.5) is 0 Å². The van der Waals surface area contributed by atoms with E-state index in [1.54, 1.807) is 12.1 Å². The summed E-state index contributed by atoms with van der Waals surface area (Å²) < 4.78 is 5.68. The molecular weight excluding hydrogens is 288 g/mol. The molecule has 2 rings (SSSR count). The molecule has 1 amide bonds. The van der Waals surface area contributed by atoms with E-state index >= 15 is 0 Å². The lowest BCUT2D eigenvalue weighted by Gasteiger charge is -2.35. The molecule has 5 nitrogen and oxygen atoms in total. The van der Waals surface area contributed by atoms with E-state index in [1.165, 1.54) is 18.3 Å². The second-order valence-corrected chi connectivity index (χ2v) is 6.58. The van der Waals surface area contributed by atoms with Gasteiger partial charge in [0.05, 0.1) is 22.0 Å². The van der Waals surface area contributed by atoms with Crippen molar-refractivity contribution in [2.45, 2.75) is 33.0 Å². The number of rotatable bonds is 5. The lowest BCUT2D eigenvalue weighted by Crippen LogP contribution is -2.47. The van der Waals surface area contributed by atoms with Crippen LogP contribution in [-0.2, 0) is 4.74 Å². The van der Waals surface area contributed by atoms with Crippen LogP contribution in [0.5, 0.6) is 0 Å². The third-order valence-electron chi connectivity index (χ3n) is 3.39. The van der Waals surface area contributed by atoms with Gasteiger partial charge in [0, 0.05) is 26.2 Å². The molecule has 0 bridgehead atoms. The van der Waals surface area contributed by atoms with E-state index in [2.05, 4.69) is 24.1 Å². The van der Waals surface area contributed by atoms with Crippen LogP contribution in [0, 0.1) is 0 Å². The van der Waals surface area contributed by atoms with Crippen LogP contribution in [0.1, 0.15) is 40.1 Å². The van der Waals surface area contributed by atoms with Crippen molar-refractivity contribution in [3.05, 3.63) is 21.9 Å². The zero-order valence-electron chi connectivity index (χ0n) is 12.7. The second kappa shape index (κ2) is 7.15. The number of carbonyl (C=O) groups is 2. The molecule has 0 aliphatic carbocycles. The first-order chi connectivity index (χ1) is 9.95. The van der Waals surface area contributed by atoms with Crippen LogP contribution in [0.3, 0.4) is 0 Å². The molecule has 1 aromatic heterocycles. The maximum atomic E-state index is 12.0. The Labute approximate surface area is 129 Å². The molecule has 21 heavy (non-hydrogen) atoms. The van der Waals surface area contributed by atoms with Crippen molar-refractivity contribution in [1.29, 1.82) is 0 Å². The molecule has 0 aromatic carbocycles. The molecule has 2 heterocycles. The van der Waals surface area contributed by atoms with Crippen molar-refractivity contribution < 1.29 is 14.3 Å². The van der Waals surface area contributed by atoms with E-state index in [0.717, 1.165) is 19.6 Å². The number of ether oxygens (including phenoxy) is 1.